The van der Waals surface area contributed by atoms with Gasteiger partial charge in [0.25, 0.3) is 5.91 Å². The molecular weight excluding hydrogens is 224 g/mol. The topological polar surface area (TPSA) is 53.4 Å². The maximum absolute atomic E-state index is 11.9. The van der Waals surface area contributed by atoms with E-state index in [-0.39, 0.29) is 5.91 Å². The highest BCUT2D eigenvalue weighted by Crippen LogP contribution is 2.16. The second kappa shape index (κ2) is 4.93. The second-order valence-electron chi connectivity index (χ2n) is 4.45. The average Bonchev–Trinajstić information content (AvgIpc) is 2.61. The van der Waals surface area contributed by atoms with Gasteiger partial charge in [-0.1, -0.05) is 6.92 Å². The number of carbonyl (C=O) groups is 1. The van der Waals surface area contributed by atoms with Crippen molar-refractivity contribution in [3.05, 3.63) is 16.1 Å². The van der Waals surface area contributed by atoms with Crippen molar-refractivity contribution in [2.24, 2.45) is 0 Å². The van der Waals surface area contributed by atoms with Crippen molar-refractivity contribution in [2.75, 3.05) is 13.6 Å². The lowest BCUT2D eigenvalue weighted by Crippen LogP contribution is -2.39. The van der Waals surface area contributed by atoms with Crippen molar-refractivity contribution < 1.29 is 9.90 Å². The van der Waals surface area contributed by atoms with Crippen LogP contribution in [0.5, 0.6) is 0 Å². The van der Waals surface area contributed by atoms with Gasteiger partial charge in [-0.25, -0.2) is 4.98 Å². The number of aliphatic hydroxyl groups is 1. The standard InChI is InChI=1S/C11H18N2O2S/c1-5-9-12-6-8(16-9)10(14)13(4)7-11(2,3)15/h6,15H,5,7H2,1-4H3. The Balaban J connectivity index is 2.70. The number of hydrogen-bond donors (Lipinski definition) is 1. The van der Waals surface area contributed by atoms with E-state index in [0.29, 0.717) is 11.4 Å². The van der Waals surface area contributed by atoms with Gasteiger partial charge >= 0.3 is 0 Å². The van der Waals surface area contributed by atoms with Gasteiger partial charge in [-0.3, -0.25) is 4.79 Å². The molecule has 1 aromatic heterocycles. The first-order valence-electron chi connectivity index (χ1n) is 5.26. The maximum atomic E-state index is 11.9. The third-order valence-electron chi connectivity index (χ3n) is 2.04. The molecule has 4 nitrogen and oxygen atoms in total. The molecule has 0 fully saturated rings. The highest BCUT2D eigenvalue weighted by atomic mass is 32.1. The Hall–Kier alpha value is -0.940. The van der Waals surface area contributed by atoms with Crippen molar-refractivity contribution in [3.63, 3.8) is 0 Å². The Morgan fingerprint density at radius 2 is 2.25 bits per heavy atom. The van der Waals surface area contributed by atoms with Crippen LogP contribution in [0.2, 0.25) is 0 Å². The van der Waals surface area contributed by atoms with Gasteiger partial charge in [-0.05, 0) is 20.3 Å². The molecule has 90 valence electrons. The lowest BCUT2D eigenvalue weighted by Gasteiger charge is -2.24. The largest absolute Gasteiger partial charge is 0.389 e. The van der Waals surface area contributed by atoms with Crippen molar-refractivity contribution in [2.45, 2.75) is 32.8 Å². The molecule has 1 rings (SSSR count). The SMILES string of the molecule is CCc1ncc(C(=O)N(C)CC(C)(C)O)s1. The predicted octanol–water partition coefficient (Wildman–Crippen LogP) is 1.55. The van der Waals surface area contributed by atoms with Crippen LogP contribution in [0.1, 0.15) is 35.5 Å². The zero-order valence-corrected chi connectivity index (χ0v) is 11.0. The lowest BCUT2D eigenvalue weighted by molar-refractivity contribution is 0.0370. The fraction of sp³-hybridized carbons (Fsp3) is 0.636. The molecule has 0 atom stereocenters. The third-order valence-corrected chi connectivity index (χ3v) is 3.17. The fourth-order valence-electron chi connectivity index (χ4n) is 1.41. The van der Waals surface area contributed by atoms with E-state index in [2.05, 4.69) is 4.98 Å². The van der Waals surface area contributed by atoms with Crippen LogP contribution in [0.3, 0.4) is 0 Å². The van der Waals surface area contributed by atoms with E-state index < -0.39 is 5.60 Å². The van der Waals surface area contributed by atoms with E-state index in [1.54, 1.807) is 27.1 Å². The number of aromatic nitrogens is 1. The number of aryl methyl sites for hydroxylation is 1. The number of likely N-dealkylation sites (N-methyl/N-ethyl adjacent to an activating group) is 1. The summed E-state index contributed by atoms with van der Waals surface area (Å²) in [5.41, 5.74) is -0.872. The van der Waals surface area contributed by atoms with Gasteiger partial charge in [0.15, 0.2) is 0 Å². The lowest BCUT2D eigenvalue weighted by atomic mass is 10.1. The molecule has 0 unspecified atom stereocenters. The number of thiazole rings is 1. The molecule has 0 aromatic carbocycles. The van der Waals surface area contributed by atoms with E-state index in [4.69, 9.17) is 0 Å². The van der Waals surface area contributed by atoms with Crippen molar-refractivity contribution in [1.82, 2.24) is 9.88 Å². The summed E-state index contributed by atoms with van der Waals surface area (Å²) in [7, 11) is 1.69. The van der Waals surface area contributed by atoms with Crippen LogP contribution in [-0.4, -0.2) is 40.1 Å². The van der Waals surface area contributed by atoms with Gasteiger partial charge in [-0.15, -0.1) is 11.3 Å². The molecule has 0 aliphatic heterocycles. The summed E-state index contributed by atoms with van der Waals surface area (Å²) in [5.74, 6) is -0.0840. The first kappa shape index (κ1) is 13.1. The molecule has 0 spiro atoms. The minimum Gasteiger partial charge on any atom is -0.389 e. The summed E-state index contributed by atoms with van der Waals surface area (Å²) < 4.78 is 0. The van der Waals surface area contributed by atoms with Crippen LogP contribution in [-0.2, 0) is 6.42 Å². The average molecular weight is 242 g/mol. The van der Waals surface area contributed by atoms with E-state index >= 15 is 0 Å². The number of carbonyl (C=O) groups excluding carboxylic acids is 1. The minimum absolute atomic E-state index is 0.0840. The predicted molar refractivity (Wildman–Crippen MR) is 64.8 cm³/mol. The number of hydrogen-bond acceptors (Lipinski definition) is 4. The van der Waals surface area contributed by atoms with Crippen LogP contribution >= 0.6 is 11.3 Å². The summed E-state index contributed by atoms with van der Waals surface area (Å²) in [5, 5.41) is 10.6. The Kier molecular flexibility index (Phi) is 4.04. The zero-order chi connectivity index (χ0) is 12.3. The van der Waals surface area contributed by atoms with Crippen molar-refractivity contribution >= 4 is 17.2 Å². The van der Waals surface area contributed by atoms with E-state index in [9.17, 15) is 9.90 Å². The van der Waals surface area contributed by atoms with Crippen LogP contribution in [0.15, 0.2) is 6.20 Å². The molecule has 0 aliphatic carbocycles. The zero-order valence-electron chi connectivity index (χ0n) is 10.1. The summed E-state index contributed by atoms with van der Waals surface area (Å²) >= 11 is 1.41. The molecule has 1 aromatic rings. The molecule has 16 heavy (non-hydrogen) atoms. The molecule has 1 heterocycles. The quantitative estimate of drug-likeness (QED) is 0.871. The first-order chi connectivity index (χ1) is 7.33. The number of rotatable bonds is 4. The van der Waals surface area contributed by atoms with Crippen molar-refractivity contribution in [1.29, 1.82) is 0 Å². The molecule has 0 bridgehead atoms. The Labute approximate surface area is 99.9 Å². The second-order valence-corrected chi connectivity index (χ2v) is 5.56. The Bertz CT molecular complexity index is 368. The van der Waals surface area contributed by atoms with Crippen LogP contribution in [0.4, 0.5) is 0 Å². The van der Waals surface area contributed by atoms with E-state index in [0.717, 1.165) is 11.4 Å². The Morgan fingerprint density at radius 1 is 1.62 bits per heavy atom. The minimum atomic E-state index is -0.872. The number of nitrogens with zero attached hydrogens (tertiary/aromatic N) is 2. The van der Waals surface area contributed by atoms with Crippen LogP contribution < -0.4 is 0 Å². The first-order valence-corrected chi connectivity index (χ1v) is 6.07. The molecule has 0 aliphatic rings. The third kappa shape index (κ3) is 3.57. The smallest absolute Gasteiger partial charge is 0.265 e. The van der Waals surface area contributed by atoms with Gasteiger partial charge in [0.2, 0.25) is 0 Å². The fourth-order valence-corrected chi connectivity index (χ4v) is 2.27. The Morgan fingerprint density at radius 3 is 2.69 bits per heavy atom. The van der Waals surface area contributed by atoms with Gasteiger partial charge in [0, 0.05) is 13.6 Å². The van der Waals surface area contributed by atoms with Crippen molar-refractivity contribution in [3.8, 4) is 0 Å². The maximum Gasteiger partial charge on any atom is 0.265 e. The molecule has 1 N–H and O–H groups in total. The molecule has 0 saturated carbocycles. The van der Waals surface area contributed by atoms with Gasteiger partial charge in [-0.2, -0.15) is 0 Å². The monoisotopic (exact) mass is 242 g/mol. The number of amides is 1. The molecular formula is C11H18N2O2S. The normalized spacial score (nSPS) is 11.6. The van der Waals surface area contributed by atoms with Crippen LogP contribution in [0.25, 0.3) is 0 Å². The van der Waals surface area contributed by atoms with E-state index in [1.165, 1.54) is 16.2 Å². The summed E-state index contributed by atoms with van der Waals surface area (Å²) in [4.78, 5) is 18.2. The van der Waals surface area contributed by atoms with Gasteiger partial charge < -0.3 is 10.0 Å². The summed E-state index contributed by atoms with van der Waals surface area (Å²) in [6.07, 6.45) is 2.44. The molecule has 0 saturated heterocycles. The molecule has 0 radical (unpaired) electrons. The molecule has 1 amide bonds. The van der Waals surface area contributed by atoms with E-state index in [1.807, 2.05) is 6.92 Å². The highest BCUT2D eigenvalue weighted by molar-refractivity contribution is 7.13. The van der Waals surface area contributed by atoms with Gasteiger partial charge in [0.05, 0.1) is 16.8 Å². The van der Waals surface area contributed by atoms with Gasteiger partial charge in [0.1, 0.15) is 4.88 Å². The summed E-state index contributed by atoms with van der Waals surface area (Å²) in [6.45, 7) is 5.68. The highest BCUT2D eigenvalue weighted by Gasteiger charge is 2.21. The van der Waals surface area contributed by atoms with Crippen LogP contribution in [0, 0.1) is 0 Å². The molecule has 5 heteroatoms. The summed E-state index contributed by atoms with van der Waals surface area (Å²) in [6, 6.07) is 0.